The molecule has 1 saturated carbocycles. The molecule has 6 heteroatoms. The van der Waals surface area contributed by atoms with E-state index >= 15 is 0 Å². The molecule has 1 aliphatic carbocycles. The smallest absolute Gasteiger partial charge is 0.258 e. The monoisotopic (exact) mass is 332 g/mol. The van der Waals surface area contributed by atoms with E-state index in [0.717, 1.165) is 19.3 Å². The van der Waals surface area contributed by atoms with Gasteiger partial charge in [-0.05, 0) is 43.5 Å². The zero-order chi connectivity index (χ0) is 14.4. The van der Waals surface area contributed by atoms with E-state index in [1.807, 2.05) is 0 Å². The lowest BCUT2D eigenvalue weighted by atomic mass is 9.84. The first-order chi connectivity index (χ1) is 9.69. The minimum Gasteiger partial charge on any atom is -0.484 e. The Hall–Kier alpha value is -0.970. The summed E-state index contributed by atoms with van der Waals surface area (Å²) in [6, 6.07) is 7.22. The second-order valence-corrected chi connectivity index (χ2v) is 5.64. The molecular formula is C15H22Cl2N2O2. The van der Waals surface area contributed by atoms with Crippen molar-refractivity contribution in [2.75, 3.05) is 13.2 Å². The van der Waals surface area contributed by atoms with Crippen molar-refractivity contribution >= 4 is 29.9 Å². The van der Waals surface area contributed by atoms with Crippen molar-refractivity contribution in [3.05, 3.63) is 29.3 Å². The molecule has 0 heterocycles. The van der Waals surface area contributed by atoms with Gasteiger partial charge in [-0.15, -0.1) is 12.4 Å². The molecule has 1 fully saturated rings. The van der Waals surface area contributed by atoms with Crippen LogP contribution in [-0.2, 0) is 4.79 Å². The molecule has 0 bridgehead atoms. The van der Waals surface area contributed by atoms with Crippen LogP contribution in [0.25, 0.3) is 0 Å². The molecule has 1 aliphatic rings. The standard InChI is InChI=1S/C15H21ClN2O2.ClH/c16-12-5-3-6-13(8-12)20-10-15(19)18-14-7-2-1-4-11(14)9-17;/h3,5-6,8,11,14H,1-2,4,7,9-10,17H2,(H,18,19);1H. The number of carbonyl (C=O) groups is 1. The molecule has 1 amide bonds. The molecule has 0 radical (unpaired) electrons. The predicted octanol–water partition coefficient (Wildman–Crippen LogP) is 2.77. The third-order valence-electron chi connectivity index (χ3n) is 3.72. The maximum atomic E-state index is 11.9. The van der Waals surface area contributed by atoms with Crippen molar-refractivity contribution in [3.63, 3.8) is 0 Å². The summed E-state index contributed by atoms with van der Waals surface area (Å²) >= 11 is 5.86. The summed E-state index contributed by atoms with van der Waals surface area (Å²) in [6.07, 6.45) is 4.45. The zero-order valence-electron chi connectivity index (χ0n) is 11.9. The molecule has 21 heavy (non-hydrogen) atoms. The number of amides is 1. The van der Waals surface area contributed by atoms with Gasteiger partial charge in [-0.3, -0.25) is 4.79 Å². The summed E-state index contributed by atoms with van der Waals surface area (Å²) in [5, 5.41) is 3.62. The Morgan fingerprint density at radius 1 is 1.38 bits per heavy atom. The lowest BCUT2D eigenvalue weighted by molar-refractivity contribution is -0.124. The molecule has 1 aromatic carbocycles. The SMILES string of the molecule is Cl.NCC1CCCCC1NC(=O)COc1cccc(Cl)c1. The molecular weight excluding hydrogens is 311 g/mol. The van der Waals surface area contributed by atoms with Crippen molar-refractivity contribution in [2.24, 2.45) is 11.7 Å². The number of nitrogens with one attached hydrogen (secondary N) is 1. The Morgan fingerprint density at radius 3 is 2.86 bits per heavy atom. The number of halogens is 2. The number of ether oxygens (including phenoxy) is 1. The number of nitrogens with two attached hydrogens (primary N) is 1. The Bertz CT molecular complexity index is 457. The fraction of sp³-hybridized carbons (Fsp3) is 0.533. The first-order valence-electron chi connectivity index (χ1n) is 7.07. The van der Waals surface area contributed by atoms with Gasteiger partial charge in [-0.1, -0.05) is 30.5 Å². The molecule has 2 unspecified atom stereocenters. The van der Waals surface area contributed by atoms with Crippen LogP contribution in [0.1, 0.15) is 25.7 Å². The molecule has 0 aromatic heterocycles. The number of benzene rings is 1. The van der Waals surface area contributed by atoms with E-state index in [1.54, 1.807) is 24.3 Å². The van der Waals surface area contributed by atoms with Crippen LogP contribution in [0.2, 0.25) is 5.02 Å². The van der Waals surface area contributed by atoms with Gasteiger partial charge in [0.25, 0.3) is 5.91 Å². The molecule has 0 aliphatic heterocycles. The third kappa shape index (κ3) is 5.73. The van der Waals surface area contributed by atoms with Gasteiger partial charge in [-0.25, -0.2) is 0 Å². The van der Waals surface area contributed by atoms with Gasteiger partial charge in [0.15, 0.2) is 6.61 Å². The van der Waals surface area contributed by atoms with E-state index in [-0.39, 0.29) is 31.0 Å². The highest BCUT2D eigenvalue weighted by molar-refractivity contribution is 6.30. The number of rotatable bonds is 5. The number of hydrogen-bond acceptors (Lipinski definition) is 3. The van der Waals surface area contributed by atoms with Crippen LogP contribution in [0.3, 0.4) is 0 Å². The van der Waals surface area contributed by atoms with Crippen molar-refractivity contribution in [2.45, 2.75) is 31.7 Å². The van der Waals surface area contributed by atoms with Gasteiger partial charge in [0.05, 0.1) is 0 Å². The average Bonchev–Trinajstić information content (AvgIpc) is 2.46. The molecule has 0 saturated heterocycles. The molecule has 2 atom stereocenters. The Labute approximate surface area is 136 Å². The van der Waals surface area contributed by atoms with Crippen LogP contribution in [0.5, 0.6) is 5.75 Å². The number of carbonyl (C=O) groups excluding carboxylic acids is 1. The second kappa shape index (κ2) is 9.13. The summed E-state index contributed by atoms with van der Waals surface area (Å²) in [5.74, 6) is 0.890. The third-order valence-corrected chi connectivity index (χ3v) is 3.96. The van der Waals surface area contributed by atoms with Crippen LogP contribution in [0, 0.1) is 5.92 Å². The van der Waals surface area contributed by atoms with E-state index in [2.05, 4.69) is 5.32 Å². The van der Waals surface area contributed by atoms with Gasteiger partial charge in [0.1, 0.15) is 5.75 Å². The molecule has 3 N–H and O–H groups in total. The zero-order valence-corrected chi connectivity index (χ0v) is 13.5. The molecule has 118 valence electrons. The Morgan fingerprint density at radius 2 is 2.14 bits per heavy atom. The fourth-order valence-electron chi connectivity index (χ4n) is 2.63. The van der Waals surface area contributed by atoms with Crippen molar-refractivity contribution in [1.29, 1.82) is 0 Å². The van der Waals surface area contributed by atoms with Crippen molar-refractivity contribution in [1.82, 2.24) is 5.32 Å². The highest BCUT2D eigenvalue weighted by Crippen LogP contribution is 2.23. The minimum absolute atomic E-state index is 0. The lowest BCUT2D eigenvalue weighted by Crippen LogP contribution is -2.46. The maximum Gasteiger partial charge on any atom is 0.258 e. The van der Waals surface area contributed by atoms with Crippen molar-refractivity contribution < 1.29 is 9.53 Å². The van der Waals surface area contributed by atoms with E-state index < -0.39 is 0 Å². The first-order valence-corrected chi connectivity index (χ1v) is 7.44. The van der Waals surface area contributed by atoms with E-state index in [4.69, 9.17) is 22.1 Å². The van der Waals surface area contributed by atoms with E-state index in [1.165, 1.54) is 6.42 Å². The van der Waals surface area contributed by atoms with Gasteiger partial charge in [0.2, 0.25) is 0 Å². The summed E-state index contributed by atoms with van der Waals surface area (Å²) in [5.41, 5.74) is 5.75. The quantitative estimate of drug-likeness (QED) is 0.871. The van der Waals surface area contributed by atoms with Crippen LogP contribution >= 0.6 is 24.0 Å². The van der Waals surface area contributed by atoms with Crippen molar-refractivity contribution in [3.8, 4) is 5.75 Å². The van der Waals surface area contributed by atoms with Gasteiger partial charge in [0, 0.05) is 11.1 Å². The van der Waals surface area contributed by atoms with Gasteiger partial charge in [-0.2, -0.15) is 0 Å². The first kappa shape index (κ1) is 18.1. The topological polar surface area (TPSA) is 64.3 Å². The molecule has 2 rings (SSSR count). The molecule has 0 spiro atoms. The normalized spacial score (nSPS) is 21.2. The Balaban J connectivity index is 0.00000220. The van der Waals surface area contributed by atoms with Gasteiger partial charge < -0.3 is 15.8 Å². The second-order valence-electron chi connectivity index (χ2n) is 5.20. The summed E-state index contributed by atoms with van der Waals surface area (Å²) in [7, 11) is 0. The highest BCUT2D eigenvalue weighted by atomic mass is 35.5. The van der Waals surface area contributed by atoms with Crippen LogP contribution in [0.15, 0.2) is 24.3 Å². The Kier molecular flexibility index (Phi) is 7.86. The summed E-state index contributed by atoms with van der Waals surface area (Å²) in [4.78, 5) is 11.9. The number of hydrogen-bond donors (Lipinski definition) is 2. The summed E-state index contributed by atoms with van der Waals surface area (Å²) in [6.45, 7) is 0.633. The van der Waals surface area contributed by atoms with Crippen LogP contribution in [-0.4, -0.2) is 25.1 Å². The van der Waals surface area contributed by atoms with Crippen LogP contribution in [0.4, 0.5) is 0 Å². The largest absolute Gasteiger partial charge is 0.484 e. The highest BCUT2D eigenvalue weighted by Gasteiger charge is 2.25. The van der Waals surface area contributed by atoms with E-state index in [0.29, 0.717) is 23.2 Å². The molecule has 1 aromatic rings. The van der Waals surface area contributed by atoms with Gasteiger partial charge >= 0.3 is 0 Å². The predicted molar refractivity (Wildman–Crippen MR) is 87.1 cm³/mol. The summed E-state index contributed by atoms with van der Waals surface area (Å²) < 4.78 is 5.43. The maximum absolute atomic E-state index is 11.9. The average molecular weight is 333 g/mol. The molecule has 4 nitrogen and oxygen atoms in total. The minimum atomic E-state index is -0.102. The van der Waals surface area contributed by atoms with Crippen LogP contribution < -0.4 is 15.8 Å². The lowest BCUT2D eigenvalue weighted by Gasteiger charge is -2.31. The van der Waals surface area contributed by atoms with E-state index in [9.17, 15) is 4.79 Å². The fourth-order valence-corrected chi connectivity index (χ4v) is 2.81.